The molecule has 1 amide bonds. The monoisotopic (exact) mass is 541 g/mol. The van der Waals surface area contributed by atoms with Crippen LogP contribution in [0.2, 0.25) is 0 Å². The summed E-state index contributed by atoms with van der Waals surface area (Å²) in [5, 5.41) is 24.9. The Balaban J connectivity index is 1.18. The molecule has 2 aromatic rings. The van der Waals surface area contributed by atoms with Crippen LogP contribution < -0.4 is 23.7 Å². The van der Waals surface area contributed by atoms with E-state index in [9.17, 15) is 19.8 Å². The Morgan fingerprint density at radius 1 is 1.32 bits per heavy atom. The molecule has 4 aliphatic heterocycles. The highest BCUT2D eigenvalue weighted by molar-refractivity contribution is 8.16. The van der Waals surface area contributed by atoms with Gasteiger partial charge in [0.1, 0.15) is 5.75 Å². The Bertz CT molecular complexity index is 1470. The van der Waals surface area contributed by atoms with Gasteiger partial charge in [-0.25, -0.2) is 4.79 Å². The predicted molar refractivity (Wildman–Crippen MR) is 134 cm³/mol. The molecule has 5 atom stereocenters. The topological polar surface area (TPSA) is 136 Å². The van der Waals surface area contributed by atoms with E-state index in [1.54, 1.807) is 24.0 Å². The molecule has 1 aliphatic carbocycles. The molecule has 1 radical (unpaired) electrons. The van der Waals surface area contributed by atoms with Crippen molar-refractivity contribution in [3.8, 4) is 34.5 Å². The van der Waals surface area contributed by atoms with Gasteiger partial charge in [0.2, 0.25) is 25.5 Å². The summed E-state index contributed by atoms with van der Waals surface area (Å²) >= 11 is 0.773. The molecular formula is C25H24BN2O9S. The fourth-order valence-corrected chi connectivity index (χ4v) is 7.09. The maximum Gasteiger partial charge on any atom is 0.334 e. The zero-order valence-electron chi connectivity index (χ0n) is 21.7. The van der Waals surface area contributed by atoms with E-state index < -0.39 is 35.2 Å². The first kappa shape index (κ1) is 22.5. The Morgan fingerprint density at radius 3 is 2.79 bits per heavy atom. The zero-order valence-corrected chi connectivity index (χ0v) is 21.5. The lowest BCUT2D eigenvalue weighted by molar-refractivity contribution is -0.209. The van der Waals surface area contributed by atoms with Crippen molar-refractivity contribution in [3.63, 3.8) is 0 Å². The third kappa shape index (κ3) is 2.70. The van der Waals surface area contributed by atoms with E-state index in [-0.39, 0.29) is 35.7 Å². The number of nitrogens with one attached hydrogen (secondary N) is 1. The van der Waals surface area contributed by atoms with E-state index >= 15 is 0 Å². The van der Waals surface area contributed by atoms with Crippen molar-refractivity contribution < 1.29 is 42.9 Å². The predicted octanol–water partition coefficient (Wildman–Crippen LogP) is 1.67. The van der Waals surface area contributed by atoms with Crippen LogP contribution in [0.5, 0.6) is 34.5 Å². The molecule has 2 bridgehead atoms. The number of methoxy groups -OCH3 is 1. The molecule has 1 spiro atoms. The second-order valence-corrected chi connectivity index (χ2v) is 10.8. The van der Waals surface area contributed by atoms with Crippen LogP contribution in [-0.4, -0.2) is 61.4 Å². The van der Waals surface area contributed by atoms with Gasteiger partial charge < -0.3 is 38.2 Å². The first-order chi connectivity index (χ1) is 18.6. The minimum Gasteiger partial charge on any atom is -0.507 e. The second kappa shape index (κ2) is 7.57. The molecular weight excluding hydrogens is 515 g/mol. The van der Waals surface area contributed by atoms with E-state index in [1.807, 2.05) is 6.92 Å². The van der Waals surface area contributed by atoms with Crippen molar-refractivity contribution in [1.29, 1.82) is 1.34 Å². The van der Waals surface area contributed by atoms with Crippen LogP contribution in [0.4, 0.5) is 0 Å². The number of hydrogen-bond acceptors (Lipinski definition) is 11. The van der Waals surface area contributed by atoms with E-state index in [0.717, 1.165) is 19.0 Å². The SMILES string of the molecule is [3H][B]SOc1cc(C2(C)C[C@@H](C(=O)N3[C@H]4C[C@]5(OC(=O)[C@@H]35)c3c(O)c(C)c5c(c34)OCO5)N2)cc(O)c1OC. The average molecular weight is 541 g/mol. The average Bonchev–Trinajstić information content (AvgIpc) is 3.57. The van der Waals surface area contributed by atoms with E-state index in [4.69, 9.17) is 24.5 Å². The number of phenolic OH excluding ortho intramolecular Hbond substituents is 2. The van der Waals surface area contributed by atoms with Gasteiger partial charge in [-0.1, -0.05) is 0 Å². The molecule has 197 valence electrons. The molecule has 13 heteroatoms. The van der Waals surface area contributed by atoms with Crippen molar-refractivity contribution in [1.82, 2.24) is 10.2 Å². The first-order valence-electron chi connectivity index (χ1n) is 12.7. The molecule has 11 nitrogen and oxygen atoms in total. The molecule has 2 aromatic carbocycles. The molecule has 4 heterocycles. The number of nitrogens with zero attached hydrogens (tertiary/aromatic N) is 1. The molecule has 3 N–H and O–H groups in total. The Labute approximate surface area is 224 Å². The highest BCUT2D eigenvalue weighted by atomic mass is 32.2. The standard InChI is InChI=1S/C25H24BN2O9S/c1-9-17(30)16-15(20-18(9)34-8-35-20)12-7-25(16)21(23(32)36-25)28(12)22(31)11-6-24(2,27-11)10-4-13(29)19(33-3)14(5-10)37-38-26/h4-5,11-12,21,26-27,29-30H,6-8H2,1-3H3/t11-,12-,21+,24?,25-/m0/s1/i26T. The molecule has 7 rings (SSSR count). The van der Waals surface area contributed by atoms with Gasteiger partial charge in [-0.2, -0.15) is 0 Å². The number of amides is 1. The molecule has 0 aromatic heterocycles. The number of carbonyl (C=O) groups excluding carboxylic acids is 2. The number of carbonyl (C=O) groups is 2. The van der Waals surface area contributed by atoms with E-state index in [1.165, 1.54) is 7.11 Å². The summed E-state index contributed by atoms with van der Waals surface area (Å²) in [6, 6.07) is 1.30. The normalized spacial score (nSPS) is 31.4. The Morgan fingerprint density at radius 2 is 2.08 bits per heavy atom. The number of fused-ring (bicyclic) bond motifs is 5. The smallest absolute Gasteiger partial charge is 0.334 e. The first-order valence-corrected chi connectivity index (χ1v) is 12.9. The highest BCUT2D eigenvalue weighted by Crippen LogP contribution is 2.69. The quantitative estimate of drug-likeness (QED) is 0.280. The molecule has 3 fully saturated rings. The number of phenols is 2. The third-order valence-electron chi connectivity index (χ3n) is 8.55. The molecule has 1 unspecified atom stereocenters. The van der Waals surface area contributed by atoms with Crippen molar-refractivity contribution in [2.24, 2.45) is 0 Å². The maximum atomic E-state index is 13.9. The van der Waals surface area contributed by atoms with Crippen molar-refractivity contribution in [2.75, 3.05) is 13.9 Å². The number of likely N-dealkylation sites (tertiary alicyclic amines) is 1. The van der Waals surface area contributed by atoms with E-state index in [2.05, 4.69) is 5.32 Å². The lowest BCUT2D eigenvalue weighted by atomic mass is 9.76. The Kier molecular flexibility index (Phi) is 4.49. The summed E-state index contributed by atoms with van der Waals surface area (Å²) in [7, 11) is 2.41. The van der Waals surface area contributed by atoms with Crippen molar-refractivity contribution in [2.45, 2.75) is 56.0 Å². The van der Waals surface area contributed by atoms with Gasteiger partial charge in [-0.15, -0.1) is 0 Å². The number of rotatable bonds is 6. The minimum absolute atomic E-state index is 0.00419. The molecule has 3 saturated heterocycles. The fourth-order valence-electron chi connectivity index (χ4n) is 6.86. The summed E-state index contributed by atoms with van der Waals surface area (Å²) in [6.07, 6.45) is 0.732. The highest BCUT2D eigenvalue weighted by Gasteiger charge is 2.75. The van der Waals surface area contributed by atoms with Crippen LogP contribution in [0, 0.1) is 6.92 Å². The summed E-state index contributed by atoms with van der Waals surface area (Å²) in [4.78, 5) is 28.2. The number of hydrogen-bond donors (Lipinski definition) is 3. The molecule has 0 saturated carbocycles. The van der Waals surface area contributed by atoms with E-state index in [0.29, 0.717) is 46.6 Å². The number of aromatic hydroxyl groups is 2. The number of benzene rings is 2. The van der Waals surface area contributed by atoms with Gasteiger partial charge in [-0.05, 0) is 51.2 Å². The number of ether oxygens (including phenoxy) is 4. The minimum atomic E-state index is -1.10. The van der Waals surface area contributed by atoms with Gasteiger partial charge in [0.25, 0.3) is 0 Å². The summed E-state index contributed by atoms with van der Waals surface area (Å²) in [5.74, 6) is 0.432. The lowest BCUT2D eigenvalue weighted by Gasteiger charge is -2.52. The summed E-state index contributed by atoms with van der Waals surface area (Å²) in [5.41, 5.74) is 0.551. The van der Waals surface area contributed by atoms with Crippen LogP contribution >= 0.6 is 11.9 Å². The molecule has 38 heavy (non-hydrogen) atoms. The van der Waals surface area contributed by atoms with Crippen LogP contribution in [0.25, 0.3) is 0 Å². The van der Waals surface area contributed by atoms with Gasteiger partial charge in [0.05, 0.1) is 19.2 Å². The molecule has 5 aliphatic rings. The fraction of sp³-hybridized carbons (Fsp3) is 0.440. The number of esters is 1. The van der Waals surface area contributed by atoms with Crippen LogP contribution in [0.15, 0.2) is 12.1 Å². The lowest BCUT2D eigenvalue weighted by Crippen LogP contribution is -2.70. The Hall–Kier alpha value is -3.45. The van der Waals surface area contributed by atoms with Gasteiger partial charge >= 0.3 is 5.97 Å². The third-order valence-corrected chi connectivity index (χ3v) is 8.82. The summed E-state index contributed by atoms with van der Waals surface area (Å²) in [6.45, 7) is 3.62. The van der Waals surface area contributed by atoms with Crippen molar-refractivity contribution >= 4 is 30.9 Å². The largest absolute Gasteiger partial charge is 0.507 e. The van der Waals surface area contributed by atoms with Gasteiger partial charge in [0, 0.05) is 28.7 Å². The summed E-state index contributed by atoms with van der Waals surface area (Å²) < 4.78 is 35.0. The second-order valence-electron chi connectivity index (χ2n) is 10.4. The van der Waals surface area contributed by atoms with Crippen molar-refractivity contribution in [3.05, 3.63) is 34.4 Å². The van der Waals surface area contributed by atoms with Gasteiger partial charge in [0.15, 0.2) is 34.6 Å². The zero-order chi connectivity index (χ0) is 27.4. The van der Waals surface area contributed by atoms with Crippen LogP contribution in [-0.2, 0) is 25.5 Å². The van der Waals surface area contributed by atoms with Gasteiger partial charge in [-0.3, -0.25) is 10.1 Å². The maximum absolute atomic E-state index is 13.9. The van der Waals surface area contributed by atoms with Crippen LogP contribution in [0.3, 0.4) is 0 Å². The van der Waals surface area contributed by atoms with Crippen LogP contribution in [0.1, 0.15) is 48.1 Å².